The summed E-state index contributed by atoms with van der Waals surface area (Å²) in [5, 5.41) is 8.49. The molecule has 0 bridgehead atoms. The van der Waals surface area contributed by atoms with Gasteiger partial charge >= 0.3 is 0 Å². The number of hydrogen-bond acceptors (Lipinski definition) is 5. The van der Waals surface area contributed by atoms with Gasteiger partial charge < -0.3 is 11.1 Å². The van der Waals surface area contributed by atoms with E-state index in [0.717, 1.165) is 12.8 Å². The maximum atomic E-state index is 12.4. The van der Waals surface area contributed by atoms with Crippen molar-refractivity contribution in [2.45, 2.75) is 30.6 Å². The molecular formula is C20H23ClN4O3S. The lowest BCUT2D eigenvalue weighted by Crippen LogP contribution is -2.19. The Labute approximate surface area is 175 Å². The molecule has 3 rings (SSSR count). The van der Waals surface area contributed by atoms with Gasteiger partial charge in [-0.05, 0) is 42.5 Å². The van der Waals surface area contributed by atoms with Crippen molar-refractivity contribution in [2.24, 2.45) is 16.0 Å². The van der Waals surface area contributed by atoms with E-state index >= 15 is 0 Å². The Morgan fingerprint density at radius 1 is 1.28 bits per heavy atom. The summed E-state index contributed by atoms with van der Waals surface area (Å²) in [5.74, 6) is 0.179. The fraction of sp³-hybridized carbons (Fsp3) is 0.300. The molecule has 0 atom stereocenters. The van der Waals surface area contributed by atoms with Gasteiger partial charge in [0, 0.05) is 34.7 Å². The average Bonchev–Trinajstić information content (AvgIpc) is 2.59. The number of carbonyl (C=O) groups is 1. The van der Waals surface area contributed by atoms with Gasteiger partial charge in [0.25, 0.3) is 0 Å². The van der Waals surface area contributed by atoms with Crippen molar-refractivity contribution in [3.8, 4) is 0 Å². The van der Waals surface area contributed by atoms with Crippen LogP contribution in [0, 0.1) is 5.92 Å². The van der Waals surface area contributed by atoms with Crippen molar-refractivity contribution >= 4 is 45.1 Å². The summed E-state index contributed by atoms with van der Waals surface area (Å²) < 4.78 is 24.1. The first-order chi connectivity index (χ1) is 13.7. The summed E-state index contributed by atoms with van der Waals surface area (Å²) in [6.45, 7) is 0.625. The molecule has 1 fully saturated rings. The average molecular weight is 435 g/mol. The first-order valence-corrected chi connectivity index (χ1v) is 11.2. The number of halogens is 1. The van der Waals surface area contributed by atoms with Crippen LogP contribution in [0.25, 0.3) is 0 Å². The predicted octanol–water partition coefficient (Wildman–Crippen LogP) is 2.97. The van der Waals surface area contributed by atoms with Gasteiger partial charge in [0.2, 0.25) is 15.9 Å². The highest BCUT2D eigenvalue weighted by Gasteiger charge is 2.19. The van der Waals surface area contributed by atoms with Gasteiger partial charge in [0.1, 0.15) is 0 Å². The number of benzene rings is 2. The molecule has 29 heavy (non-hydrogen) atoms. The number of nitrogens with one attached hydrogen (secondary N) is 1. The summed E-state index contributed by atoms with van der Waals surface area (Å²) in [6.07, 6.45) is 4.95. The standard InChI is InChI=1S/C20H23ClN4O3S/c21-17-7-2-1-6-14(17)8-20(26)25-15-9-18(22)16(19(10-15)29(23,27)28)12-24-11-13-4-3-5-13/h1-2,6-7,9-10,12-13H,3-5,8,11,22H2,(H,25,26)(H2,23,27,28). The molecular weight excluding hydrogens is 412 g/mol. The number of nitrogen functional groups attached to an aromatic ring is 1. The van der Waals surface area contributed by atoms with Crippen molar-refractivity contribution in [3.63, 3.8) is 0 Å². The number of sulfonamides is 1. The zero-order valence-corrected chi connectivity index (χ0v) is 17.3. The molecule has 0 heterocycles. The smallest absolute Gasteiger partial charge is 0.238 e. The van der Waals surface area contributed by atoms with Gasteiger partial charge in [-0.15, -0.1) is 0 Å². The summed E-state index contributed by atoms with van der Waals surface area (Å²) in [5.41, 5.74) is 7.35. The minimum absolute atomic E-state index is 0.0366. The van der Waals surface area contributed by atoms with Crippen molar-refractivity contribution in [1.82, 2.24) is 0 Å². The SMILES string of the molecule is Nc1cc(NC(=O)Cc2ccccc2Cl)cc(S(N)(=O)=O)c1C=NCC1CCC1. The quantitative estimate of drug-likeness (QED) is 0.457. The molecule has 154 valence electrons. The predicted molar refractivity (Wildman–Crippen MR) is 116 cm³/mol. The number of nitrogens with two attached hydrogens (primary N) is 2. The van der Waals surface area contributed by atoms with Crippen molar-refractivity contribution in [2.75, 3.05) is 17.6 Å². The van der Waals surface area contributed by atoms with Crippen LogP contribution < -0.4 is 16.2 Å². The van der Waals surface area contributed by atoms with Crippen LogP contribution in [-0.2, 0) is 21.2 Å². The maximum Gasteiger partial charge on any atom is 0.238 e. The molecule has 1 aliphatic rings. The number of primary sulfonamides is 1. The molecule has 0 aliphatic heterocycles. The van der Waals surface area contributed by atoms with E-state index in [1.807, 2.05) is 0 Å². The molecule has 1 saturated carbocycles. The molecule has 0 aromatic heterocycles. The number of aliphatic imine (C=N–C) groups is 1. The van der Waals surface area contributed by atoms with Crippen LogP contribution in [0.1, 0.15) is 30.4 Å². The van der Waals surface area contributed by atoms with Gasteiger partial charge in [-0.2, -0.15) is 0 Å². The van der Waals surface area contributed by atoms with Crippen LogP contribution >= 0.6 is 11.6 Å². The maximum absolute atomic E-state index is 12.4. The van der Waals surface area contributed by atoms with E-state index in [9.17, 15) is 13.2 Å². The van der Waals surface area contributed by atoms with E-state index in [0.29, 0.717) is 23.0 Å². The Kier molecular flexibility index (Phi) is 6.56. The van der Waals surface area contributed by atoms with Gasteiger partial charge in [-0.3, -0.25) is 9.79 Å². The van der Waals surface area contributed by atoms with E-state index in [2.05, 4.69) is 10.3 Å². The topological polar surface area (TPSA) is 128 Å². The number of nitrogens with zero attached hydrogens (tertiary/aromatic N) is 1. The minimum atomic E-state index is -4.07. The van der Waals surface area contributed by atoms with Crippen molar-refractivity contribution < 1.29 is 13.2 Å². The molecule has 0 radical (unpaired) electrons. The van der Waals surface area contributed by atoms with E-state index in [-0.39, 0.29) is 34.2 Å². The van der Waals surface area contributed by atoms with Crippen molar-refractivity contribution in [1.29, 1.82) is 0 Å². The molecule has 1 amide bonds. The van der Waals surface area contributed by atoms with E-state index in [4.69, 9.17) is 22.5 Å². The van der Waals surface area contributed by atoms with Crippen LogP contribution in [0.3, 0.4) is 0 Å². The lowest BCUT2D eigenvalue weighted by molar-refractivity contribution is -0.115. The summed E-state index contributed by atoms with van der Waals surface area (Å²) in [7, 11) is -4.07. The normalized spacial score (nSPS) is 14.7. The van der Waals surface area contributed by atoms with E-state index in [1.54, 1.807) is 24.3 Å². The second-order valence-electron chi connectivity index (χ2n) is 7.13. The van der Waals surface area contributed by atoms with Gasteiger partial charge in [-0.1, -0.05) is 36.2 Å². The summed E-state index contributed by atoms with van der Waals surface area (Å²) >= 11 is 6.08. The molecule has 1 aliphatic carbocycles. The minimum Gasteiger partial charge on any atom is -0.398 e. The molecule has 2 aromatic rings. The number of rotatable bonds is 7. The molecule has 0 saturated heterocycles. The van der Waals surface area contributed by atoms with Crippen molar-refractivity contribution in [3.05, 3.63) is 52.5 Å². The second kappa shape index (κ2) is 8.94. The van der Waals surface area contributed by atoms with Crippen LogP contribution in [0.5, 0.6) is 0 Å². The Balaban J connectivity index is 1.81. The Hall–Kier alpha value is -2.42. The lowest BCUT2D eigenvalue weighted by Gasteiger charge is -2.22. The molecule has 0 spiro atoms. The van der Waals surface area contributed by atoms with Gasteiger partial charge in [0.15, 0.2) is 0 Å². The first kappa shape index (κ1) is 21.3. The third kappa shape index (κ3) is 5.56. The van der Waals surface area contributed by atoms with Crippen LogP contribution in [-0.4, -0.2) is 27.1 Å². The molecule has 7 nitrogen and oxygen atoms in total. The lowest BCUT2D eigenvalue weighted by atomic mass is 9.86. The third-order valence-electron chi connectivity index (χ3n) is 4.88. The Morgan fingerprint density at radius 2 is 2.00 bits per heavy atom. The first-order valence-electron chi connectivity index (χ1n) is 9.23. The number of carbonyl (C=O) groups excluding carboxylic acids is 1. The van der Waals surface area contributed by atoms with E-state index < -0.39 is 10.0 Å². The van der Waals surface area contributed by atoms with Crippen LogP contribution in [0.4, 0.5) is 11.4 Å². The van der Waals surface area contributed by atoms with E-state index in [1.165, 1.54) is 24.8 Å². The number of amides is 1. The largest absolute Gasteiger partial charge is 0.398 e. The summed E-state index contributed by atoms with van der Waals surface area (Å²) in [4.78, 5) is 16.5. The third-order valence-corrected chi connectivity index (χ3v) is 6.20. The number of anilines is 2. The molecule has 0 unspecified atom stereocenters. The highest BCUT2D eigenvalue weighted by atomic mass is 35.5. The highest BCUT2D eigenvalue weighted by molar-refractivity contribution is 7.89. The summed E-state index contributed by atoms with van der Waals surface area (Å²) in [6, 6.07) is 9.77. The zero-order chi connectivity index (χ0) is 21.0. The van der Waals surface area contributed by atoms with Gasteiger partial charge in [-0.25, -0.2) is 13.6 Å². The fourth-order valence-electron chi connectivity index (χ4n) is 3.08. The van der Waals surface area contributed by atoms with Crippen LogP contribution in [0.15, 0.2) is 46.3 Å². The molecule has 9 heteroatoms. The monoisotopic (exact) mass is 434 g/mol. The van der Waals surface area contributed by atoms with Crippen LogP contribution in [0.2, 0.25) is 5.02 Å². The fourth-order valence-corrected chi connectivity index (χ4v) is 4.05. The zero-order valence-electron chi connectivity index (χ0n) is 15.8. The molecule has 5 N–H and O–H groups in total. The van der Waals surface area contributed by atoms with Gasteiger partial charge in [0.05, 0.1) is 11.3 Å². The Morgan fingerprint density at radius 3 is 2.62 bits per heavy atom. The highest BCUT2D eigenvalue weighted by Crippen LogP contribution is 2.28. The number of hydrogen-bond donors (Lipinski definition) is 3. The Bertz CT molecular complexity index is 1050. The second-order valence-corrected chi connectivity index (χ2v) is 9.07. The molecule has 2 aromatic carbocycles.